The number of aliphatic hydroxyl groups excluding tert-OH is 1. The fourth-order valence-electron chi connectivity index (χ4n) is 0.564. The quantitative estimate of drug-likeness (QED) is 0.753. The number of methoxy groups -OCH3 is 1. The Balaban J connectivity index is -0.0000000451. The minimum atomic E-state index is 0.122. The summed E-state index contributed by atoms with van der Waals surface area (Å²) in [5.41, 5.74) is 5.28. The summed E-state index contributed by atoms with van der Waals surface area (Å²) in [7, 11) is 3.57. The molecule has 0 aromatic rings. The Hall–Kier alpha value is -0.160. The van der Waals surface area contributed by atoms with Gasteiger partial charge >= 0.3 is 0 Å². The van der Waals surface area contributed by atoms with Gasteiger partial charge in [-0.2, -0.15) is 0 Å². The van der Waals surface area contributed by atoms with Crippen molar-refractivity contribution in [2.75, 3.05) is 40.6 Å². The van der Waals surface area contributed by atoms with Crippen molar-refractivity contribution in [1.82, 2.24) is 4.90 Å². The molecular weight excluding hydrogens is 228 g/mol. The number of hydrogen-bond donors (Lipinski definition) is 2. The number of nitrogens with two attached hydrogens (primary N) is 1. The van der Waals surface area contributed by atoms with Gasteiger partial charge in [-0.05, 0) is 20.0 Å². The number of ether oxygens (including phenoxy) is 1. The highest BCUT2D eigenvalue weighted by Gasteiger charge is 1.86. The average Bonchev–Trinajstić information content (AvgIpc) is 2.47. The molecule has 118 valence electrons. The van der Waals surface area contributed by atoms with E-state index in [1.165, 1.54) is 6.42 Å². The number of hydrogen-bond acceptors (Lipinski definition) is 4. The van der Waals surface area contributed by atoms with Crippen LogP contribution in [0.15, 0.2) is 0 Å². The lowest BCUT2D eigenvalue weighted by atomic mass is 10.5. The van der Waals surface area contributed by atoms with Crippen LogP contribution >= 0.6 is 0 Å². The maximum Gasteiger partial charge on any atom is 0.0693 e. The highest BCUT2D eigenvalue weighted by molar-refractivity contribution is 4.40. The van der Waals surface area contributed by atoms with E-state index in [0.29, 0.717) is 13.3 Å². The van der Waals surface area contributed by atoms with E-state index in [0.717, 1.165) is 6.54 Å². The molecule has 0 atom stereocenters. The van der Waals surface area contributed by atoms with Gasteiger partial charge in [-0.15, -0.1) is 0 Å². The summed E-state index contributed by atoms with van der Waals surface area (Å²) < 4.78 is 4.44. The highest BCUT2D eigenvalue weighted by atomic mass is 16.5. The minimum absolute atomic E-state index is 0.122. The van der Waals surface area contributed by atoms with Crippen LogP contribution in [0.25, 0.3) is 0 Å². The van der Waals surface area contributed by atoms with Crippen molar-refractivity contribution in [3.63, 3.8) is 0 Å². The largest absolute Gasteiger partial charge is 0.394 e. The fourth-order valence-corrected chi connectivity index (χ4v) is 0.564. The van der Waals surface area contributed by atoms with E-state index in [1.807, 2.05) is 48.6 Å². The predicted molar refractivity (Wildman–Crippen MR) is 85.0 cm³/mol. The van der Waals surface area contributed by atoms with Crippen LogP contribution in [0, 0.1) is 0 Å². The maximum atomic E-state index is 7.94. The summed E-state index contributed by atoms with van der Waals surface area (Å²) in [4.78, 5) is 2.08. The van der Waals surface area contributed by atoms with Gasteiger partial charge in [0.25, 0.3) is 0 Å². The summed E-state index contributed by atoms with van der Waals surface area (Å²) >= 11 is 0. The van der Waals surface area contributed by atoms with Crippen LogP contribution in [0.2, 0.25) is 0 Å². The molecule has 0 bridgehead atoms. The summed E-state index contributed by atoms with van der Waals surface area (Å²) in [6.45, 7) is 16.5. The molecule has 0 fully saturated rings. The summed E-state index contributed by atoms with van der Waals surface area (Å²) in [5.74, 6) is 0. The molecule has 18 heavy (non-hydrogen) atoms. The van der Waals surface area contributed by atoms with Crippen LogP contribution in [0.1, 0.15) is 54.9 Å². The van der Waals surface area contributed by atoms with Crippen LogP contribution in [0.5, 0.6) is 0 Å². The molecule has 3 N–H and O–H groups in total. The first-order valence-corrected chi connectivity index (χ1v) is 7.21. The second-order valence-corrected chi connectivity index (χ2v) is 2.48. The van der Waals surface area contributed by atoms with E-state index >= 15 is 0 Å². The van der Waals surface area contributed by atoms with E-state index in [2.05, 4.69) is 16.6 Å². The molecule has 0 saturated heterocycles. The average molecular weight is 268 g/mol. The zero-order valence-corrected chi connectivity index (χ0v) is 14.4. The van der Waals surface area contributed by atoms with Crippen LogP contribution in [-0.2, 0) is 4.74 Å². The van der Waals surface area contributed by atoms with Gasteiger partial charge in [-0.25, -0.2) is 0 Å². The minimum Gasteiger partial charge on any atom is -0.394 e. The molecule has 0 unspecified atom stereocenters. The highest BCUT2D eigenvalue weighted by Crippen LogP contribution is 1.79. The number of nitrogens with zero attached hydrogens (tertiary/aromatic N) is 1. The maximum absolute atomic E-state index is 7.94. The van der Waals surface area contributed by atoms with Gasteiger partial charge in [-0.1, -0.05) is 48.5 Å². The molecule has 0 spiro atoms. The fraction of sp³-hybridized carbons (Fsp3) is 1.00. The van der Waals surface area contributed by atoms with Crippen LogP contribution in [0.4, 0.5) is 0 Å². The molecule has 0 amide bonds. The third kappa shape index (κ3) is 74.6. The number of aliphatic hydroxyl groups is 1. The Bertz CT molecular complexity index is 72.8. The third-order valence-electron chi connectivity index (χ3n) is 1.21. The lowest BCUT2D eigenvalue weighted by molar-refractivity contribution is 0.135. The summed E-state index contributed by atoms with van der Waals surface area (Å²) in [5, 5.41) is 7.94. The van der Waals surface area contributed by atoms with E-state index in [-0.39, 0.29) is 6.61 Å². The molecule has 4 nitrogen and oxygen atoms in total. The molecule has 0 aromatic heterocycles. The molecule has 0 radical (unpaired) electrons. The lowest BCUT2D eigenvalue weighted by Gasteiger charge is -2.09. The van der Waals surface area contributed by atoms with Crippen molar-refractivity contribution < 1.29 is 9.84 Å². The molecule has 0 rings (SSSR count). The van der Waals surface area contributed by atoms with Crippen molar-refractivity contribution >= 4 is 0 Å². The molecule has 0 aromatic carbocycles. The van der Waals surface area contributed by atoms with Gasteiger partial charge in [0.15, 0.2) is 0 Å². The molecule has 4 heteroatoms. The van der Waals surface area contributed by atoms with E-state index in [4.69, 9.17) is 10.8 Å². The monoisotopic (exact) mass is 268 g/mol. The van der Waals surface area contributed by atoms with Gasteiger partial charge in [0, 0.05) is 13.8 Å². The van der Waals surface area contributed by atoms with Crippen molar-refractivity contribution in [3.8, 4) is 0 Å². The number of rotatable bonds is 5. The summed E-state index contributed by atoms with van der Waals surface area (Å²) in [6, 6.07) is 0. The van der Waals surface area contributed by atoms with Crippen molar-refractivity contribution in [2.45, 2.75) is 54.9 Å². The van der Waals surface area contributed by atoms with Gasteiger partial charge in [0.2, 0.25) is 0 Å². The second kappa shape index (κ2) is 54.1. The van der Waals surface area contributed by atoms with Crippen molar-refractivity contribution in [3.05, 3.63) is 0 Å². The Morgan fingerprint density at radius 1 is 1.06 bits per heavy atom. The topological polar surface area (TPSA) is 58.7 Å². The molecule has 0 aliphatic rings. The predicted octanol–water partition coefficient (Wildman–Crippen LogP) is 2.95. The van der Waals surface area contributed by atoms with Crippen LogP contribution in [-0.4, -0.2) is 50.6 Å². The second-order valence-electron chi connectivity index (χ2n) is 2.48. The molecule has 0 aliphatic carbocycles. The Morgan fingerprint density at radius 2 is 1.44 bits per heavy atom. The van der Waals surface area contributed by atoms with Gasteiger partial charge < -0.3 is 15.6 Å². The lowest BCUT2D eigenvalue weighted by Crippen LogP contribution is -2.25. The smallest absolute Gasteiger partial charge is 0.0693 e. The third-order valence-corrected chi connectivity index (χ3v) is 1.21. The van der Waals surface area contributed by atoms with Crippen molar-refractivity contribution in [2.24, 2.45) is 5.73 Å². The van der Waals surface area contributed by atoms with Crippen molar-refractivity contribution in [1.29, 1.82) is 0 Å². The van der Waals surface area contributed by atoms with E-state index < -0.39 is 0 Å². The van der Waals surface area contributed by atoms with Gasteiger partial charge in [-0.3, -0.25) is 4.90 Å². The van der Waals surface area contributed by atoms with Gasteiger partial charge in [0.05, 0.1) is 13.2 Å². The standard InChI is InChI=1S/C5H14N2.C3H8O2.3C2H6/c1-3-4-7(2)5-6;1-5-3-2-4;3*1-2/h3-6H2,1-2H3;4H,2-3H2,1H3;3*1-2H3. The molecule has 0 saturated carbocycles. The molecular formula is C14H40N2O2. The first-order valence-electron chi connectivity index (χ1n) is 7.21. The molecule has 0 aliphatic heterocycles. The zero-order chi connectivity index (χ0) is 15.8. The normalized spacial score (nSPS) is 7.33. The van der Waals surface area contributed by atoms with Crippen LogP contribution in [0.3, 0.4) is 0 Å². The van der Waals surface area contributed by atoms with Crippen LogP contribution < -0.4 is 5.73 Å². The Labute approximate surface area is 117 Å². The first-order chi connectivity index (χ1) is 8.72. The zero-order valence-electron chi connectivity index (χ0n) is 14.4. The Kier molecular flexibility index (Phi) is 92.2. The molecule has 0 heterocycles. The summed E-state index contributed by atoms with van der Waals surface area (Å²) in [6.07, 6.45) is 1.19. The first kappa shape index (κ1) is 30.7. The van der Waals surface area contributed by atoms with Gasteiger partial charge in [0.1, 0.15) is 0 Å². The van der Waals surface area contributed by atoms with E-state index in [9.17, 15) is 0 Å². The SMILES string of the molecule is CC.CC.CC.CCCN(C)CN.COCCO. The Morgan fingerprint density at radius 3 is 1.50 bits per heavy atom. The van der Waals surface area contributed by atoms with E-state index in [1.54, 1.807) is 7.11 Å².